The molecule has 3 aliphatic rings. The van der Waals surface area contributed by atoms with E-state index in [9.17, 15) is 14.7 Å². The van der Waals surface area contributed by atoms with Gasteiger partial charge in [-0.2, -0.15) is 0 Å². The van der Waals surface area contributed by atoms with Gasteiger partial charge in [0.25, 0.3) is 0 Å². The van der Waals surface area contributed by atoms with Crippen molar-refractivity contribution in [2.45, 2.75) is 83.7 Å². The third-order valence-electron chi connectivity index (χ3n) is 7.95. The zero-order valence-corrected chi connectivity index (χ0v) is 21.7. The van der Waals surface area contributed by atoms with Gasteiger partial charge in [0, 0.05) is 29.3 Å². The van der Waals surface area contributed by atoms with Gasteiger partial charge in [0.2, 0.25) is 0 Å². The predicted molar refractivity (Wildman–Crippen MR) is 140 cm³/mol. The van der Waals surface area contributed by atoms with Crippen molar-refractivity contribution in [3.63, 3.8) is 0 Å². The summed E-state index contributed by atoms with van der Waals surface area (Å²) in [6, 6.07) is 10.2. The summed E-state index contributed by atoms with van der Waals surface area (Å²) in [5.41, 5.74) is 5.32. The Morgan fingerprint density at radius 1 is 1.14 bits per heavy atom. The van der Waals surface area contributed by atoms with Crippen molar-refractivity contribution in [1.29, 1.82) is 0 Å². The van der Waals surface area contributed by atoms with Crippen molar-refractivity contribution in [2.75, 3.05) is 0 Å². The van der Waals surface area contributed by atoms with E-state index in [0.29, 0.717) is 40.8 Å². The van der Waals surface area contributed by atoms with Gasteiger partial charge in [0.15, 0.2) is 5.78 Å². The average molecular weight is 504 g/mol. The van der Waals surface area contributed by atoms with Crippen LogP contribution in [0.1, 0.15) is 86.0 Å². The van der Waals surface area contributed by atoms with E-state index in [4.69, 9.17) is 4.74 Å². The molecule has 6 heteroatoms. The molecule has 0 aromatic heterocycles. The number of esters is 1. The van der Waals surface area contributed by atoms with E-state index in [2.05, 4.69) is 5.32 Å². The summed E-state index contributed by atoms with van der Waals surface area (Å²) in [5.74, 6) is -1.69. The Morgan fingerprint density at radius 3 is 2.57 bits per heavy atom. The Kier molecular flexibility index (Phi) is 6.93. The number of phenolic OH excluding ortho intramolecular Hbond substituents is 1. The average Bonchev–Trinajstić information content (AvgIpc) is 3.35. The maximum absolute atomic E-state index is 15.1. The van der Waals surface area contributed by atoms with Crippen molar-refractivity contribution >= 4 is 11.8 Å². The number of ether oxygens (including phenoxy) is 1. The van der Waals surface area contributed by atoms with Crippen LogP contribution in [0.3, 0.4) is 0 Å². The molecule has 1 heterocycles. The van der Waals surface area contributed by atoms with Gasteiger partial charge in [0.05, 0.1) is 5.57 Å². The molecule has 194 valence electrons. The Bertz CT molecular complexity index is 1300. The lowest BCUT2D eigenvalue weighted by atomic mass is 9.71. The molecule has 0 radical (unpaired) electrons. The van der Waals surface area contributed by atoms with Crippen molar-refractivity contribution < 1.29 is 23.8 Å². The number of hydrogen-bond acceptors (Lipinski definition) is 5. The number of ketones is 1. The first-order chi connectivity index (χ1) is 17.8. The second-order valence-electron chi connectivity index (χ2n) is 10.6. The van der Waals surface area contributed by atoms with Crippen LogP contribution in [0, 0.1) is 19.7 Å². The smallest absolute Gasteiger partial charge is 0.337 e. The van der Waals surface area contributed by atoms with Gasteiger partial charge in [-0.3, -0.25) is 4.79 Å². The maximum atomic E-state index is 15.1. The normalized spacial score (nSPS) is 22.2. The molecule has 0 bridgehead atoms. The van der Waals surface area contributed by atoms with Crippen LogP contribution in [-0.4, -0.2) is 23.0 Å². The molecule has 2 atom stereocenters. The van der Waals surface area contributed by atoms with Crippen LogP contribution in [0.5, 0.6) is 5.75 Å². The fourth-order valence-corrected chi connectivity index (χ4v) is 6.38. The Balaban J connectivity index is 1.59. The second kappa shape index (κ2) is 10.2. The summed E-state index contributed by atoms with van der Waals surface area (Å²) in [7, 11) is 0. The quantitative estimate of drug-likeness (QED) is 0.463. The minimum Gasteiger partial charge on any atom is -0.508 e. The lowest BCUT2D eigenvalue weighted by molar-refractivity contribution is -0.144. The van der Waals surface area contributed by atoms with Gasteiger partial charge in [-0.1, -0.05) is 25.1 Å². The lowest BCUT2D eigenvalue weighted by Crippen LogP contribution is -2.37. The summed E-state index contributed by atoms with van der Waals surface area (Å²) in [6.07, 6.45) is 4.82. The van der Waals surface area contributed by atoms with Crippen molar-refractivity contribution in [2.24, 2.45) is 0 Å². The highest BCUT2D eigenvalue weighted by Crippen LogP contribution is 2.47. The van der Waals surface area contributed by atoms with Crippen LogP contribution >= 0.6 is 0 Å². The number of dihydropyridines is 1. The lowest BCUT2D eigenvalue weighted by Gasteiger charge is -2.38. The van der Waals surface area contributed by atoms with Gasteiger partial charge in [0.1, 0.15) is 17.7 Å². The number of hydrogen-bond donors (Lipinski definition) is 2. The van der Waals surface area contributed by atoms with Gasteiger partial charge < -0.3 is 15.2 Å². The zero-order valence-electron chi connectivity index (χ0n) is 21.7. The van der Waals surface area contributed by atoms with Crippen LogP contribution in [0.15, 0.2) is 58.9 Å². The largest absolute Gasteiger partial charge is 0.508 e. The van der Waals surface area contributed by atoms with E-state index in [1.807, 2.05) is 32.9 Å². The van der Waals surface area contributed by atoms with Crippen molar-refractivity contribution in [1.82, 2.24) is 5.32 Å². The summed E-state index contributed by atoms with van der Waals surface area (Å²) in [4.78, 5) is 27.4. The number of rotatable bonds is 5. The molecule has 2 aromatic rings. The molecule has 5 nitrogen and oxygen atoms in total. The minimum absolute atomic E-state index is 0.0678. The van der Waals surface area contributed by atoms with Gasteiger partial charge in [-0.15, -0.1) is 0 Å². The molecular weight excluding hydrogens is 469 g/mol. The SMILES string of the molecule is CCC1=C(C(=O)OC2CCCC2)C(c2cccc(O)c2)C2=C(CC(c3c(C)cc(C)cc3F)CC2=O)N1. The molecule has 0 saturated heterocycles. The molecule has 37 heavy (non-hydrogen) atoms. The molecule has 2 aromatic carbocycles. The number of Topliss-reactive ketones (excluding diaryl/α,β-unsaturated/α-hetero) is 1. The van der Waals surface area contributed by atoms with Gasteiger partial charge >= 0.3 is 5.97 Å². The third-order valence-corrected chi connectivity index (χ3v) is 7.95. The first kappa shape index (κ1) is 25.2. The summed E-state index contributed by atoms with van der Waals surface area (Å²) < 4.78 is 21.0. The zero-order chi connectivity index (χ0) is 26.3. The fraction of sp³-hybridized carbons (Fsp3) is 0.419. The number of allylic oxidation sites excluding steroid dienone is 3. The number of phenols is 1. The second-order valence-corrected chi connectivity index (χ2v) is 10.6. The molecule has 2 aliphatic carbocycles. The van der Waals surface area contributed by atoms with E-state index in [1.54, 1.807) is 18.2 Å². The van der Waals surface area contributed by atoms with E-state index in [1.165, 1.54) is 6.07 Å². The molecule has 5 rings (SSSR count). The standard InChI is InChI=1S/C31H34FNO4/c1-4-24-30(31(36)37-22-10-5-6-11-22)28(19-8-7-9-21(34)14-19)29-25(33-24)15-20(16-26(29)35)27-18(3)12-17(2)13-23(27)32/h7-9,12-14,20,22,28,33-34H,4-6,10-11,15-16H2,1-3H3. The molecule has 0 amide bonds. The number of carbonyl (C=O) groups excluding carboxylic acids is 2. The monoisotopic (exact) mass is 503 g/mol. The minimum atomic E-state index is -0.649. The van der Waals surface area contributed by atoms with E-state index < -0.39 is 11.9 Å². The van der Waals surface area contributed by atoms with Crippen LogP contribution in [-0.2, 0) is 14.3 Å². The van der Waals surface area contributed by atoms with Crippen LogP contribution in [0.25, 0.3) is 0 Å². The highest BCUT2D eigenvalue weighted by Gasteiger charge is 2.43. The van der Waals surface area contributed by atoms with Crippen LogP contribution < -0.4 is 5.32 Å². The number of halogens is 1. The van der Waals surface area contributed by atoms with E-state index >= 15 is 4.39 Å². The highest BCUT2D eigenvalue weighted by atomic mass is 19.1. The fourth-order valence-electron chi connectivity index (χ4n) is 6.38. The maximum Gasteiger partial charge on any atom is 0.337 e. The highest BCUT2D eigenvalue weighted by molar-refractivity contribution is 6.04. The predicted octanol–water partition coefficient (Wildman–Crippen LogP) is 6.39. The Labute approximate surface area is 217 Å². The number of aromatic hydroxyl groups is 1. The summed E-state index contributed by atoms with van der Waals surface area (Å²) >= 11 is 0. The molecule has 1 saturated carbocycles. The number of aryl methyl sites for hydroxylation is 2. The summed E-state index contributed by atoms with van der Waals surface area (Å²) in [5, 5.41) is 13.7. The first-order valence-corrected chi connectivity index (χ1v) is 13.3. The number of carbonyl (C=O) groups is 2. The molecular formula is C31H34FNO4. The third kappa shape index (κ3) is 4.81. The summed E-state index contributed by atoms with van der Waals surface area (Å²) in [6.45, 7) is 5.71. The Morgan fingerprint density at radius 2 is 1.89 bits per heavy atom. The van der Waals surface area contributed by atoms with E-state index in [0.717, 1.165) is 42.5 Å². The number of benzene rings is 2. The Hall–Kier alpha value is -3.41. The van der Waals surface area contributed by atoms with Crippen LogP contribution in [0.2, 0.25) is 0 Å². The topological polar surface area (TPSA) is 75.6 Å². The molecule has 2 N–H and O–H groups in total. The first-order valence-electron chi connectivity index (χ1n) is 13.3. The van der Waals surface area contributed by atoms with Gasteiger partial charge in [-0.25, -0.2) is 9.18 Å². The molecule has 2 unspecified atom stereocenters. The molecule has 1 fully saturated rings. The molecule has 0 spiro atoms. The van der Waals surface area contributed by atoms with Crippen LogP contribution in [0.4, 0.5) is 4.39 Å². The molecule has 1 aliphatic heterocycles. The van der Waals surface area contributed by atoms with Gasteiger partial charge in [-0.05, 0) is 98.7 Å². The number of nitrogens with one attached hydrogen (secondary N) is 1. The van der Waals surface area contributed by atoms with Crippen molar-refractivity contribution in [3.8, 4) is 5.75 Å². The van der Waals surface area contributed by atoms with E-state index in [-0.39, 0.29) is 35.8 Å². The van der Waals surface area contributed by atoms with Crippen molar-refractivity contribution in [3.05, 3.63) is 87.0 Å².